The maximum absolute atomic E-state index is 14.0. The topological polar surface area (TPSA) is 23.6 Å². The van der Waals surface area contributed by atoms with Gasteiger partial charge in [-0.1, -0.05) is 80.3 Å². The Morgan fingerprint density at radius 3 is 2.31 bits per heavy atom. The molecule has 5 rings (SSSR count). The van der Waals surface area contributed by atoms with E-state index in [-0.39, 0.29) is 11.5 Å². The van der Waals surface area contributed by atoms with Crippen molar-refractivity contribution in [1.29, 1.82) is 0 Å². The lowest BCUT2D eigenvalue weighted by Gasteiger charge is -2.46. The van der Waals surface area contributed by atoms with Gasteiger partial charge < -0.3 is 4.90 Å². The quantitative estimate of drug-likeness (QED) is 0.422. The lowest BCUT2D eigenvalue weighted by molar-refractivity contribution is -0.143. The highest BCUT2D eigenvalue weighted by Gasteiger charge is 2.41. The summed E-state index contributed by atoms with van der Waals surface area (Å²) in [5.41, 5.74) is 4.02. The first-order valence-electron chi connectivity index (χ1n) is 14.6. The molecular formula is C33H46N2O. The molecule has 3 heteroatoms. The molecule has 3 nitrogen and oxygen atoms in total. The van der Waals surface area contributed by atoms with E-state index >= 15 is 0 Å². The fraction of sp³-hybridized carbons (Fsp3) is 0.606. The van der Waals surface area contributed by atoms with Gasteiger partial charge in [0.15, 0.2) is 0 Å². The van der Waals surface area contributed by atoms with E-state index in [1.54, 1.807) is 0 Å². The fourth-order valence-electron chi connectivity index (χ4n) is 7.34. The molecule has 1 saturated heterocycles. The van der Waals surface area contributed by atoms with E-state index in [1.807, 2.05) is 0 Å². The maximum atomic E-state index is 14.0. The van der Waals surface area contributed by atoms with Crippen LogP contribution in [0.1, 0.15) is 101 Å². The van der Waals surface area contributed by atoms with E-state index in [1.165, 1.54) is 68.1 Å². The van der Waals surface area contributed by atoms with Crippen molar-refractivity contribution in [2.45, 2.75) is 102 Å². The molecule has 2 saturated carbocycles. The summed E-state index contributed by atoms with van der Waals surface area (Å²) in [5, 5.41) is 0. The molecule has 3 aliphatic rings. The Labute approximate surface area is 219 Å². The maximum Gasteiger partial charge on any atom is 0.226 e. The summed E-state index contributed by atoms with van der Waals surface area (Å²) in [6.45, 7) is 6.50. The highest BCUT2D eigenvalue weighted by molar-refractivity contribution is 5.80. The number of amides is 1. The van der Waals surface area contributed by atoms with Gasteiger partial charge >= 0.3 is 0 Å². The SMILES string of the molecule is CN(Cc1ccc([C@H]2CCCC[C@@H]2C(=O)N2CCCC3CCCCC32)cc1)C(C)(C)c1ccccc1. The molecule has 0 aromatic heterocycles. The third-order valence-electron chi connectivity index (χ3n) is 9.87. The molecule has 0 radical (unpaired) electrons. The summed E-state index contributed by atoms with van der Waals surface area (Å²) in [5.74, 6) is 1.78. The van der Waals surface area contributed by atoms with Gasteiger partial charge in [0.25, 0.3) is 0 Å². The summed E-state index contributed by atoms with van der Waals surface area (Å²) >= 11 is 0. The van der Waals surface area contributed by atoms with Crippen molar-refractivity contribution in [3.63, 3.8) is 0 Å². The van der Waals surface area contributed by atoms with Crippen molar-refractivity contribution in [3.05, 3.63) is 71.3 Å². The largest absolute Gasteiger partial charge is 0.339 e. The third-order valence-corrected chi connectivity index (χ3v) is 9.87. The van der Waals surface area contributed by atoms with Crippen LogP contribution >= 0.6 is 0 Å². The van der Waals surface area contributed by atoms with Crippen LogP contribution in [0.3, 0.4) is 0 Å². The summed E-state index contributed by atoms with van der Waals surface area (Å²) in [6.07, 6.45) is 12.4. The van der Waals surface area contributed by atoms with Crippen molar-refractivity contribution in [2.24, 2.45) is 11.8 Å². The molecule has 0 N–H and O–H groups in total. The number of benzene rings is 2. The Bertz CT molecular complexity index is 996. The zero-order valence-corrected chi connectivity index (χ0v) is 22.8. The van der Waals surface area contributed by atoms with Crippen LogP contribution in [-0.4, -0.2) is 35.3 Å². The molecule has 1 heterocycles. The predicted molar refractivity (Wildman–Crippen MR) is 149 cm³/mol. The number of hydrogen-bond donors (Lipinski definition) is 0. The number of piperidine rings is 1. The van der Waals surface area contributed by atoms with Crippen LogP contribution in [0.25, 0.3) is 0 Å². The van der Waals surface area contributed by atoms with Crippen LogP contribution in [0.15, 0.2) is 54.6 Å². The van der Waals surface area contributed by atoms with Gasteiger partial charge in [0, 0.05) is 30.6 Å². The van der Waals surface area contributed by atoms with Crippen LogP contribution in [0, 0.1) is 11.8 Å². The molecule has 1 aliphatic heterocycles. The standard InChI is InChI=1S/C33H46N2O/c1-33(2,28-14-5-4-6-15-28)34(3)24-25-19-21-26(22-20-25)29-16-8-9-17-30(29)32(36)35-23-11-13-27-12-7-10-18-31(27)35/h4-6,14-15,19-22,27,29-31H,7-13,16-18,23-24H2,1-3H3/t27?,29-,30+,31?/m1/s1. The van der Waals surface area contributed by atoms with Gasteiger partial charge in [-0.3, -0.25) is 9.69 Å². The van der Waals surface area contributed by atoms with E-state index in [2.05, 4.69) is 85.3 Å². The molecule has 2 aromatic carbocycles. The molecule has 2 unspecified atom stereocenters. The average Bonchev–Trinajstić information content (AvgIpc) is 2.93. The van der Waals surface area contributed by atoms with Gasteiger partial charge in [0.1, 0.15) is 0 Å². The van der Waals surface area contributed by atoms with Crippen molar-refractivity contribution < 1.29 is 4.79 Å². The Hall–Kier alpha value is -2.13. The smallest absolute Gasteiger partial charge is 0.226 e. The minimum absolute atomic E-state index is 0.0355. The number of carbonyl (C=O) groups excluding carboxylic acids is 1. The number of likely N-dealkylation sites (tertiary alicyclic amines) is 1. The Morgan fingerprint density at radius 1 is 0.861 bits per heavy atom. The highest BCUT2D eigenvalue weighted by atomic mass is 16.2. The molecule has 2 aromatic rings. The summed E-state index contributed by atoms with van der Waals surface area (Å²) < 4.78 is 0. The number of hydrogen-bond acceptors (Lipinski definition) is 2. The first-order valence-corrected chi connectivity index (χ1v) is 14.6. The van der Waals surface area contributed by atoms with Gasteiger partial charge in [-0.25, -0.2) is 0 Å². The minimum Gasteiger partial charge on any atom is -0.339 e. The normalized spacial score (nSPS) is 27.1. The molecular weight excluding hydrogens is 440 g/mol. The summed E-state index contributed by atoms with van der Waals surface area (Å²) in [4.78, 5) is 18.8. The van der Waals surface area contributed by atoms with Crippen LogP contribution < -0.4 is 0 Å². The number of carbonyl (C=O) groups is 1. The van der Waals surface area contributed by atoms with E-state index in [0.29, 0.717) is 17.9 Å². The Balaban J connectivity index is 1.28. The molecule has 0 bridgehead atoms. The van der Waals surface area contributed by atoms with Crippen molar-refractivity contribution in [3.8, 4) is 0 Å². The third kappa shape index (κ3) is 5.28. The van der Waals surface area contributed by atoms with E-state index in [0.717, 1.165) is 31.8 Å². The highest BCUT2D eigenvalue weighted by Crippen LogP contribution is 2.42. The molecule has 0 spiro atoms. The summed E-state index contributed by atoms with van der Waals surface area (Å²) in [6, 6.07) is 20.6. The van der Waals surface area contributed by atoms with Crippen molar-refractivity contribution in [2.75, 3.05) is 13.6 Å². The van der Waals surface area contributed by atoms with Gasteiger partial charge in [-0.2, -0.15) is 0 Å². The van der Waals surface area contributed by atoms with Crippen LogP contribution in [0.2, 0.25) is 0 Å². The van der Waals surface area contributed by atoms with Gasteiger partial charge in [0.2, 0.25) is 5.91 Å². The van der Waals surface area contributed by atoms with E-state index in [9.17, 15) is 4.79 Å². The number of nitrogens with zero attached hydrogens (tertiary/aromatic N) is 2. The zero-order valence-electron chi connectivity index (χ0n) is 22.8. The predicted octanol–water partition coefficient (Wildman–Crippen LogP) is 7.51. The lowest BCUT2D eigenvalue weighted by atomic mass is 9.73. The molecule has 1 amide bonds. The average molecular weight is 487 g/mol. The number of rotatable bonds is 6. The number of fused-ring (bicyclic) bond motifs is 1. The zero-order chi connectivity index (χ0) is 25.1. The summed E-state index contributed by atoms with van der Waals surface area (Å²) in [7, 11) is 2.22. The second kappa shape index (κ2) is 11.1. The molecule has 194 valence electrons. The van der Waals surface area contributed by atoms with E-state index in [4.69, 9.17) is 0 Å². The Kier molecular flexibility index (Phi) is 7.86. The molecule has 3 fully saturated rings. The molecule has 36 heavy (non-hydrogen) atoms. The van der Waals surface area contributed by atoms with Crippen molar-refractivity contribution in [1.82, 2.24) is 9.80 Å². The first kappa shape index (κ1) is 25.5. The van der Waals surface area contributed by atoms with Crippen LogP contribution in [0.5, 0.6) is 0 Å². The van der Waals surface area contributed by atoms with Crippen LogP contribution in [-0.2, 0) is 16.9 Å². The Morgan fingerprint density at radius 2 is 1.53 bits per heavy atom. The van der Waals surface area contributed by atoms with Gasteiger partial charge in [0.05, 0.1) is 0 Å². The second-order valence-electron chi connectivity index (χ2n) is 12.3. The monoisotopic (exact) mass is 486 g/mol. The minimum atomic E-state index is -0.0355. The molecule has 2 aliphatic carbocycles. The lowest BCUT2D eigenvalue weighted by Crippen LogP contribution is -2.52. The molecule has 4 atom stereocenters. The first-order chi connectivity index (χ1) is 17.4. The van der Waals surface area contributed by atoms with Crippen molar-refractivity contribution >= 4 is 5.91 Å². The van der Waals surface area contributed by atoms with Gasteiger partial charge in [-0.15, -0.1) is 0 Å². The second-order valence-corrected chi connectivity index (χ2v) is 12.3. The van der Waals surface area contributed by atoms with Gasteiger partial charge in [-0.05, 0) is 87.9 Å². The van der Waals surface area contributed by atoms with Crippen LogP contribution in [0.4, 0.5) is 0 Å². The van der Waals surface area contributed by atoms with E-state index < -0.39 is 0 Å². The fourth-order valence-corrected chi connectivity index (χ4v) is 7.34.